The molecule has 0 amide bonds. The molecule has 0 spiro atoms. The van der Waals surface area contributed by atoms with Crippen molar-refractivity contribution in [3.05, 3.63) is 24.2 Å². The van der Waals surface area contributed by atoms with Crippen LogP contribution in [0.2, 0.25) is 0 Å². The Balaban J connectivity index is 1.88. The van der Waals surface area contributed by atoms with Crippen LogP contribution in [0.4, 0.5) is 0 Å². The molecule has 0 atom stereocenters. The molecule has 0 radical (unpaired) electrons. The Morgan fingerprint density at radius 1 is 1.35 bits per heavy atom. The average molecular weight is 338 g/mol. The molecule has 1 fully saturated rings. The third-order valence-corrected chi connectivity index (χ3v) is 6.22. The summed E-state index contributed by atoms with van der Waals surface area (Å²) in [6.45, 7) is 3.19. The number of ether oxygens (including phenoxy) is 1. The van der Waals surface area contributed by atoms with Crippen LogP contribution < -0.4 is 0 Å². The molecule has 0 saturated carbocycles. The van der Waals surface area contributed by atoms with Gasteiger partial charge in [0.1, 0.15) is 17.9 Å². The molecule has 3 rings (SSSR count). The quantitative estimate of drug-likeness (QED) is 0.827. The van der Waals surface area contributed by atoms with Gasteiger partial charge in [-0.2, -0.15) is 0 Å². The third kappa shape index (κ3) is 3.11. The summed E-state index contributed by atoms with van der Waals surface area (Å²) < 4.78 is 33.0. The molecule has 1 aliphatic rings. The van der Waals surface area contributed by atoms with Crippen molar-refractivity contribution in [1.29, 1.82) is 0 Å². The number of piperidine rings is 1. The molecule has 1 aliphatic heterocycles. The van der Waals surface area contributed by atoms with Gasteiger partial charge in [-0.15, -0.1) is 0 Å². The van der Waals surface area contributed by atoms with Gasteiger partial charge in [-0.3, -0.25) is 0 Å². The number of nitrogens with zero attached hydrogens (tertiary/aromatic N) is 4. The lowest BCUT2D eigenvalue weighted by Gasteiger charge is -2.32. The third-order valence-electron chi connectivity index (χ3n) is 4.34. The zero-order valence-electron chi connectivity index (χ0n) is 13.5. The standard InChI is InChI=1S/C15H22N4O3S/c1-3-23(20,21)18-9-6-12(7-10-18)19-14(11-22-2)17-13-5-4-8-16-15(13)19/h4-5,8,12H,3,6-7,9-11H2,1-2H3. The van der Waals surface area contributed by atoms with E-state index in [0.717, 1.165) is 29.8 Å². The van der Waals surface area contributed by atoms with Gasteiger partial charge < -0.3 is 9.30 Å². The number of imidazole rings is 1. The first-order chi connectivity index (χ1) is 11.1. The van der Waals surface area contributed by atoms with Gasteiger partial charge in [-0.1, -0.05) is 0 Å². The van der Waals surface area contributed by atoms with Crippen LogP contribution in [0.3, 0.4) is 0 Å². The summed E-state index contributed by atoms with van der Waals surface area (Å²) in [6.07, 6.45) is 3.28. The van der Waals surface area contributed by atoms with Gasteiger partial charge >= 0.3 is 0 Å². The van der Waals surface area contributed by atoms with Gasteiger partial charge in [0.2, 0.25) is 10.0 Å². The van der Waals surface area contributed by atoms with E-state index in [0.29, 0.717) is 19.7 Å². The van der Waals surface area contributed by atoms with Crippen molar-refractivity contribution in [1.82, 2.24) is 18.8 Å². The van der Waals surface area contributed by atoms with E-state index in [4.69, 9.17) is 4.74 Å². The van der Waals surface area contributed by atoms with Crippen LogP contribution in [0, 0.1) is 0 Å². The maximum absolute atomic E-state index is 12.0. The Labute approximate surface area is 136 Å². The highest BCUT2D eigenvalue weighted by Gasteiger charge is 2.29. The van der Waals surface area contributed by atoms with Crippen LogP contribution >= 0.6 is 0 Å². The molecule has 0 unspecified atom stereocenters. The van der Waals surface area contributed by atoms with Crippen LogP contribution in [-0.4, -0.2) is 53.2 Å². The number of pyridine rings is 1. The van der Waals surface area contributed by atoms with E-state index in [1.807, 2.05) is 12.1 Å². The summed E-state index contributed by atoms with van der Waals surface area (Å²) in [5.41, 5.74) is 1.69. The average Bonchev–Trinajstić information content (AvgIpc) is 2.93. The highest BCUT2D eigenvalue weighted by Crippen LogP contribution is 2.29. The Bertz CT molecular complexity index is 779. The summed E-state index contributed by atoms with van der Waals surface area (Å²) in [4.78, 5) is 9.06. The smallest absolute Gasteiger partial charge is 0.213 e. The summed E-state index contributed by atoms with van der Waals surface area (Å²) in [6, 6.07) is 4.00. The maximum Gasteiger partial charge on any atom is 0.213 e. The highest BCUT2D eigenvalue weighted by atomic mass is 32.2. The SMILES string of the molecule is CCS(=O)(=O)N1CCC(n2c(COC)nc3cccnc32)CC1. The number of methoxy groups -OCH3 is 1. The number of fused-ring (bicyclic) bond motifs is 1. The van der Waals surface area contributed by atoms with Gasteiger partial charge in [-0.05, 0) is 31.9 Å². The Hall–Kier alpha value is -1.51. The lowest BCUT2D eigenvalue weighted by Crippen LogP contribution is -2.40. The van der Waals surface area contributed by atoms with Gasteiger partial charge in [0.25, 0.3) is 0 Å². The van der Waals surface area contributed by atoms with Gasteiger partial charge in [0, 0.05) is 32.4 Å². The van der Waals surface area contributed by atoms with Crippen LogP contribution in [0.15, 0.2) is 18.3 Å². The van der Waals surface area contributed by atoms with Crippen molar-refractivity contribution in [3.8, 4) is 0 Å². The minimum Gasteiger partial charge on any atom is -0.377 e. The van der Waals surface area contributed by atoms with Crippen molar-refractivity contribution < 1.29 is 13.2 Å². The first kappa shape index (κ1) is 16.4. The summed E-state index contributed by atoms with van der Waals surface area (Å²) in [5.74, 6) is 1.00. The minimum atomic E-state index is -3.11. The lowest BCUT2D eigenvalue weighted by atomic mass is 10.1. The number of hydrogen-bond donors (Lipinski definition) is 0. The predicted octanol–water partition coefficient (Wildman–Crippen LogP) is 1.56. The molecule has 7 nitrogen and oxygen atoms in total. The molecule has 0 aromatic carbocycles. The molecule has 2 aromatic rings. The number of sulfonamides is 1. The van der Waals surface area contributed by atoms with Gasteiger partial charge in [0.05, 0.1) is 5.75 Å². The fourth-order valence-electron chi connectivity index (χ4n) is 3.15. The zero-order valence-corrected chi connectivity index (χ0v) is 14.3. The Kier molecular flexibility index (Phi) is 4.65. The normalized spacial score (nSPS) is 17.8. The van der Waals surface area contributed by atoms with E-state index in [-0.39, 0.29) is 11.8 Å². The maximum atomic E-state index is 12.0. The van der Waals surface area contributed by atoms with E-state index >= 15 is 0 Å². The second kappa shape index (κ2) is 6.54. The Morgan fingerprint density at radius 3 is 2.74 bits per heavy atom. The van der Waals surface area contributed by atoms with Crippen LogP contribution in [0.5, 0.6) is 0 Å². The second-order valence-electron chi connectivity index (χ2n) is 5.71. The van der Waals surface area contributed by atoms with Gasteiger partial charge in [-0.25, -0.2) is 22.7 Å². The molecule has 2 aromatic heterocycles. The number of aromatic nitrogens is 3. The van der Waals surface area contributed by atoms with E-state index < -0.39 is 10.0 Å². The number of rotatable bonds is 5. The topological polar surface area (TPSA) is 77.3 Å². The van der Waals surface area contributed by atoms with Crippen molar-refractivity contribution in [2.75, 3.05) is 26.0 Å². The minimum absolute atomic E-state index is 0.155. The van der Waals surface area contributed by atoms with Crippen molar-refractivity contribution in [3.63, 3.8) is 0 Å². The van der Waals surface area contributed by atoms with Crippen molar-refractivity contribution >= 4 is 21.2 Å². The summed E-state index contributed by atoms with van der Waals surface area (Å²) in [7, 11) is -1.46. The monoisotopic (exact) mass is 338 g/mol. The fourth-order valence-corrected chi connectivity index (χ4v) is 4.28. The molecule has 0 bridgehead atoms. The molecule has 0 aliphatic carbocycles. The van der Waals surface area contributed by atoms with Crippen LogP contribution in [-0.2, 0) is 21.4 Å². The number of hydrogen-bond acceptors (Lipinski definition) is 5. The van der Waals surface area contributed by atoms with Crippen LogP contribution in [0.25, 0.3) is 11.2 Å². The van der Waals surface area contributed by atoms with E-state index in [1.54, 1.807) is 24.5 Å². The largest absolute Gasteiger partial charge is 0.377 e. The molecule has 1 saturated heterocycles. The molecule has 0 N–H and O–H groups in total. The predicted molar refractivity (Wildman–Crippen MR) is 87.5 cm³/mol. The second-order valence-corrected chi connectivity index (χ2v) is 7.97. The van der Waals surface area contributed by atoms with E-state index in [2.05, 4.69) is 14.5 Å². The zero-order chi connectivity index (χ0) is 16.4. The molecule has 8 heteroatoms. The molecular weight excluding hydrogens is 316 g/mol. The van der Waals surface area contributed by atoms with E-state index in [9.17, 15) is 8.42 Å². The van der Waals surface area contributed by atoms with Gasteiger partial charge in [0.15, 0.2) is 5.65 Å². The summed E-state index contributed by atoms with van der Waals surface area (Å²) >= 11 is 0. The first-order valence-corrected chi connectivity index (χ1v) is 9.46. The van der Waals surface area contributed by atoms with E-state index in [1.165, 1.54) is 0 Å². The van der Waals surface area contributed by atoms with Crippen LogP contribution in [0.1, 0.15) is 31.6 Å². The molecular formula is C15H22N4O3S. The summed E-state index contributed by atoms with van der Waals surface area (Å²) in [5, 5.41) is 0. The Morgan fingerprint density at radius 2 is 2.09 bits per heavy atom. The fraction of sp³-hybridized carbons (Fsp3) is 0.600. The molecule has 23 heavy (non-hydrogen) atoms. The lowest BCUT2D eigenvalue weighted by molar-refractivity contribution is 0.168. The van der Waals surface area contributed by atoms with Crippen molar-refractivity contribution in [2.24, 2.45) is 0 Å². The molecule has 3 heterocycles. The highest BCUT2D eigenvalue weighted by molar-refractivity contribution is 7.89. The van der Waals surface area contributed by atoms with Crippen molar-refractivity contribution in [2.45, 2.75) is 32.4 Å². The first-order valence-electron chi connectivity index (χ1n) is 7.85. The molecule has 126 valence electrons.